The number of carbonyl (C=O) groups is 2. The third-order valence-corrected chi connectivity index (χ3v) is 8.03. The van der Waals surface area contributed by atoms with Crippen LogP contribution in [0.15, 0.2) is 55.2 Å². The molecular weight excluding hydrogens is 508 g/mol. The zero-order valence-corrected chi connectivity index (χ0v) is 21.7. The molecule has 2 saturated heterocycles. The molecule has 0 radical (unpaired) electrons. The number of nitrogens with zero attached hydrogens (tertiary/aromatic N) is 8. The van der Waals surface area contributed by atoms with Crippen molar-refractivity contribution < 1.29 is 9.59 Å². The smallest absolute Gasteiger partial charge is 0.292 e. The molecule has 5 aromatic rings. The zero-order valence-electron chi connectivity index (χ0n) is 21.7. The summed E-state index contributed by atoms with van der Waals surface area (Å²) in [6.07, 6.45) is 9.71. The van der Waals surface area contributed by atoms with Gasteiger partial charge in [-0.2, -0.15) is 9.61 Å². The number of hydrogen-bond donors (Lipinski definition) is 2. The molecule has 2 bridgehead atoms. The maximum atomic E-state index is 13.1. The van der Waals surface area contributed by atoms with Crippen LogP contribution in [0.3, 0.4) is 0 Å². The lowest BCUT2D eigenvalue weighted by Gasteiger charge is -2.38. The van der Waals surface area contributed by atoms with E-state index in [1.807, 2.05) is 35.2 Å². The van der Waals surface area contributed by atoms with Crippen LogP contribution in [0, 0.1) is 0 Å². The van der Waals surface area contributed by atoms with Crippen molar-refractivity contribution in [2.75, 3.05) is 5.73 Å². The summed E-state index contributed by atoms with van der Waals surface area (Å²) in [7, 11) is 0. The molecule has 7 rings (SSSR count). The number of aromatic amines is 1. The van der Waals surface area contributed by atoms with Crippen molar-refractivity contribution in [3.63, 3.8) is 0 Å². The topological polar surface area (TPSA) is 161 Å². The Hall–Kier alpha value is -5.00. The second-order valence-electron chi connectivity index (χ2n) is 10.4. The fraction of sp³-hybridized carbons (Fsp3) is 0.286. The van der Waals surface area contributed by atoms with Crippen molar-refractivity contribution in [3.8, 4) is 22.5 Å². The van der Waals surface area contributed by atoms with E-state index in [-0.39, 0.29) is 41.3 Å². The average molecular weight is 535 g/mol. The van der Waals surface area contributed by atoms with Crippen LogP contribution in [0.4, 0.5) is 5.82 Å². The first-order chi connectivity index (χ1) is 19.5. The molecule has 40 heavy (non-hydrogen) atoms. The second-order valence-corrected chi connectivity index (χ2v) is 10.4. The van der Waals surface area contributed by atoms with Gasteiger partial charge in [-0.1, -0.05) is 30.3 Å². The van der Waals surface area contributed by atoms with E-state index in [4.69, 9.17) is 10.7 Å². The fourth-order valence-electron chi connectivity index (χ4n) is 6.26. The predicted octanol–water partition coefficient (Wildman–Crippen LogP) is 3.31. The first-order valence-electron chi connectivity index (χ1n) is 13.2. The molecule has 6 heterocycles. The lowest BCUT2D eigenvalue weighted by atomic mass is 9.85. The number of carbonyl (C=O) groups excluding carboxylic acids is 2. The second kappa shape index (κ2) is 9.33. The van der Waals surface area contributed by atoms with E-state index in [1.54, 1.807) is 18.6 Å². The van der Waals surface area contributed by atoms with Crippen LogP contribution in [0.2, 0.25) is 0 Å². The maximum Gasteiger partial charge on any atom is 0.292 e. The summed E-state index contributed by atoms with van der Waals surface area (Å²) in [5.41, 5.74) is 10.5. The van der Waals surface area contributed by atoms with Gasteiger partial charge in [-0.25, -0.2) is 15.0 Å². The number of nitrogens with one attached hydrogen (secondary N) is 1. The molecule has 0 unspecified atom stereocenters. The van der Waals surface area contributed by atoms with Crippen molar-refractivity contribution in [3.05, 3.63) is 72.3 Å². The fourth-order valence-corrected chi connectivity index (χ4v) is 6.26. The van der Waals surface area contributed by atoms with Crippen LogP contribution in [-0.4, -0.2) is 68.4 Å². The maximum absolute atomic E-state index is 13.1. The molecule has 12 heteroatoms. The van der Waals surface area contributed by atoms with Gasteiger partial charge in [0.25, 0.3) is 5.91 Å². The van der Waals surface area contributed by atoms with Crippen LogP contribution in [0.25, 0.3) is 28.2 Å². The van der Waals surface area contributed by atoms with E-state index < -0.39 is 0 Å². The number of nitrogens with two attached hydrogens (primary N) is 1. The highest BCUT2D eigenvalue weighted by molar-refractivity contribution is 6.00. The number of anilines is 1. The largest absolute Gasteiger partial charge is 0.383 e. The Balaban J connectivity index is 1.26. The van der Waals surface area contributed by atoms with Crippen molar-refractivity contribution in [1.29, 1.82) is 0 Å². The molecule has 2 aliphatic rings. The minimum Gasteiger partial charge on any atom is -0.383 e. The van der Waals surface area contributed by atoms with E-state index in [0.717, 1.165) is 29.5 Å². The van der Waals surface area contributed by atoms with Crippen molar-refractivity contribution in [1.82, 2.24) is 44.6 Å². The Bertz CT molecular complexity index is 1720. The highest BCUT2D eigenvalue weighted by Crippen LogP contribution is 2.45. The van der Waals surface area contributed by atoms with Gasteiger partial charge in [0.2, 0.25) is 5.82 Å². The number of piperidine rings is 1. The molecule has 1 amide bonds. The van der Waals surface area contributed by atoms with Gasteiger partial charge in [-0.05, 0) is 32.6 Å². The number of fused-ring (bicyclic) bond motifs is 3. The molecule has 4 aromatic heterocycles. The van der Waals surface area contributed by atoms with E-state index in [0.29, 0.717) is 35.6 Å². The summed E-state index contributed by atoms with van der Waals surface area (Å²) < 4.78 is 1.51. The van der Waals surface area contributed by atoms with Gasteiger partial charge >= 0.3 is 0 Å². The predicted molar refractivity (Wildman–Crippen MR) is 145 cm³/mol. The number of Topliss-reactive ketones (excluding diaryl/α,β-unsaturated/α-hetero) is 1. The number of rotatable bonds is 5. The summed E-state index contributed by atoms with van der Waals surface area (Å²) in [5.74, 6) is 0.773. The lowest BCUT2D eigenvalue weighted by molar-refractivity contribution is 0.0556. The highest BCUT2D eigenvalue weighted by atomic mass is 16.2. The molecule has 2 fully saturated rings. The molecule has 3 atom stereocenters. The Morgan fingerprint density at radius 2 is 1.73 bits per heavy atom. The summed E-state index contributed by atoms with van der Waals surface area (Å²) in [6.45, 7) is 1.50. The number of ketones is 1. The SMILES string of the molecule is CC(=O)c1c([C@@H]2C[C@H]3CC[C@@H](C2)N3C(=O)c2nnc[nH]2)nc2c(-c3cnc(-c4ccccc4)nc3)cnn2c1N. The zero-order chi connectivity index (χ0) is 27.4. The molecule has 1 aromatic carbocycles. The molecule has 0 saturated carbocycles. The number of amides is 1. The van der Waals surface area contributed by atoms with Crippen LogP contribution in [0.1, 0.15) is 65.2 Å². The number of benzene rings is 1. The van der Waals surface area contributed by atoms with Gasteiger partial charge in [0, 0.05) is 47.1 Å². The molecule has 2 aliphatic heterocycles. The number of aromatic nitrogens is 8. The van der Waals surface area contributed by atoms with Crippen LogP contribution < -0.4 is 5.73 Å². The van der Waals surface area contributed by atoms with E-state index in [1.165, 1.54) is 17.8 Å². The Kier molecular flexibility index (Phi) is 5.61. The average Bonchev–Trinajstić information content (AvgIpc) is 3.71. The highest BCUT2D eigenvalue weighted by Gasteiger charge is 2.45. The molecule has 12 nitrogen and oxygen atoms in total. The molecule has 0 aliphatic carbocycles. The third kappa shape index (κ3) is 3.82. The number of H-pyrrole nitrogens is 1. The number of nitrogen functional groups attached to an aromatic ring is 1. The van der Waals surface area contributed by atoms with E-state index in [9.17, 15) is 9.59 Å². The summed E-state index contributed by atoms with van der Waals surface area (Å²) in [6, 6.07) is 9.79. The summed E-state index contributed by atoms with van der Waals surface area (Å²) in [5, 5.41) is 12.1. The van der Waals surface area contributed by atoms with Crippen LogP contribution >= 0.6 is 0 Å². The van der Waals surface area contributed by atoms with Gasteiger partial charge in [0.05, 0.1) is 17.5 Å². The Labute approximate surface area is 228 Å². The van der Waals surface area contributed by atoms with E-state index in [2.05, 4.69) is 30.2 Å². The molecule has 3 N–H and O–H groups in total. The minimum absolute atomic E-state index is 0.0173. The van der Waals surface area contributed by atoms with Crippen molar-refractivity contribution in [2.24, 2.45) is 0 Å². The summed E-state index contributed by atoms with van der Waals surface area (Å²) >= 11 is 0. The van der Waals surface area contributed by atoms with Gasteiger partial charge in [0.1, 0.15) is 12.1 Å². The van der Waals surface area contributed by atoms with Gasteiger partial charge in [-0.15, -0.1) is 10.2 Å². The standard InChI is InChI=1S/C28H26N10O2/c1-15(39)22-23(17-9-19-7-8-20(10-17)37(19)28(40)26-32-14-33-36-26)35-27-21(13-34-38(27)24(22)29)18-11-30-25(31-12-18)16-5-3-2-4-6-16/h2-6,11-14,17,19-20H,7-10,29H2,1H3,(H,32,33,36)/t17-,19-,20+. The van der Waals surface area contributed by atoms with E-state index >= 15 is 0 Å². The Morgan fingerprint density at radius 3 is 2.38 bits per heavy atom. The molecule has 200 valence electrons. The minimum atomic E-state index is -0.165. The molecule has 0 spiro atoms. The quantitative estimate of drug-likeness (QED) is 0.322. The van der Waals surface area contributed by atoms with Crippen LogP contribution in [-0.2, 0) is 0 Å². The third-order valence-electron chi connectivity index (χ3n) is 8.03. The molecular formula is C28H26N10O2. The number of hydrogen-bond acceptors (Lipinski definition) is 9. The summed E-state index contributed by atoms with van der Waals surface area (Å²) in [4.78, 5) is 44.9. The van der Waals surface area contributed by atoms with Gasteiger partial charge < -0.3 is 15.6 Å². The van der Waals surface area contributed by atoms with Crippen molar-refractivity contribution >= 4 is 23.2 Å². The van der Waals surface area contributed by atoms with Gasteiger partial charge in [0.15, 0.2) is 17.3 Å². The van der Waals surface area contributed by atoms with Crippen LogP contribution in [0.5, 0.6) is 0 Å². The van der Waals surface area contributed by atoms with Crippen molar-refractivity contribution in [2.45, 2.75) is 50.6 Å². The normalized spacial score (nSPS) is 20.2. The lowest BCUT2D eigenvalue weighted by Crippen LogP contribution is -2.46. The first kappa shape index (κ1) is 24.1. The Morgan fingerprint density at radius 1 is 1.00 bits per heavy atom. The first-order valence-corrected chi connectivity index (χ1v) is 13.2. The van der Waals surface area contributed by atoms with Gasteiger partial charge in [-0.3, -0.25) is 9.59 Å². The monoisotopic (exact) mass is 534 g/mol.